The maximum Gasteiger partial charge on any atom is 0.319 e. The second-order valence-corrected chi connectivity index (χ2v) is 8.24. The van der Waals surface area contributed by atoms with Crippen LogP contribution in [0.1, 0.15) is 13.3 Å². The van der Waals surface area contributed by atoms with Crippen LogP contribution >= 0.6 is 0 Å². The van der Waals surface area contributed by atoms with Crippen LogP contribution in [0.5, 0.6) is 0 Å². The summed E-state index contributed by atoms with van der Waals surface area (Å²) in [7, 11) is -9.24. The Balaban J connectivity index is 2.14. The molecule has 9 nitrogen and oxygen atoms in total. The first-order valence-electron chi connectivity index (χ1n) is 6.90. The number of hydroxylamine groups is 1. The van der Waals surface area contributed by atoms with Gasteiger partial charge in [-0.15, -0.1) is 4.28 Å². The van der Waals surface area contributed by atoms with Crippen LogP contribution in [0, 0.1) is 0 Å². The van der Waals surface area contributed by atoms with Crippen LogP contribution in [0.3, 0.4) is 0 Å². The highest BCUT2D eigenvalue weighted by atomic mass is 32.2. The van der Waals surface area contributed by atoms with Gasteiger partial charge in [-0.3, -0.25) is 9.35 Å². The van der Waals surface area contributed by atoms with E-state index in [1.807, 2.05) is 0 Å². The van der Waals surface area contributed by atoms with Gasteiger partial charge in [0.1, 0.15) is 4.90 Å². The summed E-state index contributed by atoms with van der Waals surface area (Å²) < 4.78 is 62.1. The molecule has 1 heterocycles. The zero-order valence-electron chi connectivity index (χ0n) is 12.8. The van der Waals surface area contributed by atoms with Crippen LogP contribution in [0.15, 0.2) is 51.3 Å². The highest BCUT2D eigenvalue weighted by Gasteiger charge is 2.30. The van der Waals surface area contributed by atoms with E-state index < -0.39 is 35.9 Å². The highest BCUT2D eigenvalue weighted by molar-refractivity contribution is 7.87. The summed E-state index contributed by atoms with van der Waals surface area (Å²) >= 11 is 0. The molecule has 0 radical (unpaired) electrons. The summed E-state index contributed by atoms with van der Waals surface area (Å²) in [4.78, 5) is 10.5. The van der Waals surface area contributed by atoms with Crippen molar-refractivity contribution >= 4 is 42.6 Å². The molecule has 11 heteroatoms. The molecule has 0 unspecified atom stereocenters. The van der Waals surface area contributed by atoms with Gasteiger partial charge < -0.3 is 0 Å². The minimum absolute atomic E-state index is 0.0799. The number of amides is 1. The zero-order valence-corrected chi connectivity index (χ0v) is 14.4. The Labute approximate surface area is 143 Å². The quantitative estimate of drug-likeness (QED) is 0.787. The first-order chi connectivity index (χ1) is 11.6. The molecule has 0 bridgehead atoms. The number of hydrogen-bond donors (Lipinski definition) is 1. The van der Waals surface area contributed by atoms with Crippen LogP contribution in [-0.2, 0) is 29.3 Å². The average Bonchev–Trinajstić information content (AvgIpc) is 2.82. The van der Waals surface area contributed by atoms with Crippen molar-refractivity contribution in [1.29, 1.82) is 0 Å². The van der Waals surface area contributed by atoms with Crippen molar-refractivity contribution in [1.82, 2.24) is 5.17 Å². The summed E-state index contributed by atoms with van der Waals surface area (Å²) in [6.45, 7) is 1.53. The first kappa shape index (κ1) is 17.5. The number of hydrogen-bond acceptors (Lipinski definition) is 7. The van der Waals surface area contributed by atoms with Gasteiger partial charge in [-0.1, -0.05) is 29.4 Å². The molecule has 0 atom stereocenters. The Kier molecular flexibility index (Phi) is 4.11. The molecule has 2 aromatic carbocycles. The molecule has 0 fully saturated rings. The zero-order chi connectivity index (χ0) is 18.4. The van der Waals surface area contributed by atoms with Crippen molar-refractivity contribution in [2.45, 2.75) is 23.1 Å². The maximum absolute atomic E-state index is 12.4. The molecule has 0 saturated heterocycles. The van der Waals surface area contributed by atoms with E-state index in [1.165, 1.54) is 25.1 Å². The molecule has 1 N–H and O–H groups in total. The van der Waals surface area contributed by atoms with Gasteiger partial charge in [0.15, 0.2) is 0 Å². The van der Waals surface area contributed by atoms with Crippen molar-refractivity contribution in [3.8, 4) is 0 Å². The fraction of sp³-hybridized carbons (Fsp3) is 0.143. The molecular weight excluding hydrogens is 372 g/mol. The van der Waals surface area contributed by atoms with Gasteiger partial charge in [-0.25, -0.2) is 0 Å². The lowest BCUT2D eigenvalue weighted by molar-refractivity contribution is -0.152. The Morgan fingerprint density at radius 3 is 2.44 bits per heavy atom. The van der Waals surface area contributed by atoms with Gasteiger partial charge >= 0.3 is 10.1 Å². The third-order valence-corrected chi connectivity index (χ3v) is 5.46. The molecule has 132 valence electrons. The molecule has 2 aromatic rings. The lowest BCUT2D eigenvalue weighted by Gasteiger charge is -2.12. The standard InChI is InChI=1S/C14H12N2O7S2/c1-9-6-14(17)16(15-9)23-25(21,22)11-7-10-4-2-3-5-12(10)13(8-11)24(18,19)20/h2-5,7-8H,6H2,1H3,(H,18,19,20). The molecule has 0 aliphatic carbocycles. The van der Waals surface area contributed by atoms with Crippen molar-refractivity contribution < 1.29 is 30.5 Å². The van der Waals surface area contributed by atoms with Crippen LogP contribution in [0.2, 0.25) is 0 Å². The van der Waals surface area contributed by atoms with Crippen molar-refractivity contribution in [3.63, 3.8) is 0 Å². The van der Waals surface area contributed by atoms with Crippen LogP contribution in [-0.4, -0.2) is 38.2 Å². The van der Waals surface area contributed by atoms with E-state index in [2.05, 4.69) is 9.39 Å². The Morgan fingerprint density at radius 2 is 1.84 bits per heavy atom. The summed E-state index contributed by atoms with van der Waals surface area (Å²) in [6, 6.07) is 7.97. The van der Waals surface area contributed by atoms with Crippen LogP contribution in [0.4, 0.5) is 0 Å². The van der Waals surface area contributed by atoms with E-state index in [9.17, 15) is 26.2 Å². The van der Waals surface area contributed by atoms with Crippen molar-refractivity contribution in [2.24, 2.45) is 5.10 Å². The molecule has 1 aliphatic rings. The molecule has 25 heavy (non-hydrogen) atoms. The van der Waals surface area contributed by atoms with Gasteiger partial charge in [0.2, 0.25) is 0 Å². The van der Waals surface area contributed by atoms with Crippen LogP contribution < -0.4 is 0 Å². The summed E-state index contributed by atoms with van der Waals surface area (Å²) in [5.74, 6) is -0.670. The molecule has 1 amide bonds. The fourth-order valence-corrected chi connectivity index (χ4v) is 4.07. The van der Waals surface area contributed by atoms with Crippen LogP contribution in [0.25, 0.3) is 10.8 Å². The largest absolute Gasteiger partial charge is 0.319 e. The van der Waals surface area contributed by atoms with Crippen molar-refractivity contribution in [2.75, 3.05) is 0 Å². The number of nitrogens with zero attached hydrogens (tertiary/aromatic N) is 2. The topological polar surface area (TPSA) is 130 Å². The molecule has 3 rings (SSSR count). The number of rotatable bonds is 4. The number of carbonyl (C=O) groups excluding carboxylic acids is 1. The van der Waals surface area contributed by atoms with Gasteiger partial charge in [0.05, 0.1) is 11.3 Å². The normalized spacial score (nSPS) is 15.7. The van der Waals surface area contributed by atoms with E-state index in [1.54, 1.807) is 12.1 Å². The highest BCUT2D eigenvalue weighted by Crippen LogP contribution is 2.28. The van der Waals surface area contributed by atoms with E-state index in [0.29, 0.717) is 10.9 Å². The smallest absolute Gasteiger partial charge is 0.282 e. The monoisotopic (exact) mass is 384 g/mol. The third kappa shape index (κ3) is 3.39. The van der Waals surface area contributed by atoms with Gasteiger partial charge in [0, 0.05) is 11.1 Å². The third-order valence-electron chi connectivity index (χ3n) is 3.41. The first-order valence-corrected chi connectivity index (χ1v) is 9.75. The number of fused-ring (bicyclic) bond motifs is 1. The van der Waals surface area contributed by atoms with E-state index in [-0.39, 0.29) is 17.2 Å². The SMILES string of the molecule is CC1=NN(OS(=O)(=O)c2cc(S(=O)(=O)O)c3ccccc3c2)C(=O)C1. The van der Waals surface area contributed by atoms with Gasteiger partial charge in [-0.05, 0) is 24.4 Å². The van der Waals surface area contributed by atoms with E-state index in [4.69, 9.17) is 0 Å². The minimum Gasteiger partial charge on any atom is -0.282 e. The Morgan fingerprint density at radius 1 is 1.16 bits per heavy atom. The lowest BCUT2D eigenvalue weighted by Crippen LogP contribution is -2.25. The Bertz CT molecular complexity index is 1120. The summed E-state index contributed by atoms with van der Waals surface area (Å²) in [5.41, 5.74) is 0.373. The number of benzene rings is 2. The molecule has 0 saturated carbocycles. The second-order valence-electron chi connectivity index (χ2n) is 5.32. The molecular formula is C14H12N2O7S2. The van der Waals surface area contributed by atoms with Crippen molar-refractivity contribution in [3.05, 3.63) is 36.4 Å². The number of hydrazone groups is 1. The predicted octanol–water partition coefficient (Wildman–Crippen LogP) is 1.32. The molecule has 0 spiro atoms. The van der Waals surface area contributed by atoms with E-state index >= 15 is 0 Å². The van der Waals surface area contributed by atoms with Gasteiger partial charge in [0.25, 0.3) is 16.0 Å². The fourth-order valence-electron chi connectivity index (χ4n) is 2.33. The van der Waals surface area contributed by atoms with E-state index in [0.717, 1.165) is 6.07 Å². The summed E-state index contributed by atoms with van der Waals surface area (Å²) in [6.07, 6.45) is -0.0799. The lowest BCUT2D eigenvalue weighted by atomic mass is 10.1. The second kappa shape index (κ2) is 5.88. The maximum atomic E-state index is 12.4. The molecule has 0 aromatic heterocycles. The number of carbonyl (C=O) groups is 1. The summed E-state index contributed by atoms with van der Waals surface area (Å²) in [5, 5.41) is 4.39. The minimum atomic E-state index is -4.69. The predicted molar refractivity (Wildman–Crippen MR) is 86.6 cm³/mol. The molecule has 1 aliphatic heterocycles. The average molecular weight is 384 g/mol. The van der Waals surface area contributed by atoms with Gasteiger partial charge in [-0.2, -0.15) is 21.9 Å². The Hall–Kier alpha value is -2.34.